The first-order valence-electron chi connectivity index (χ1n) is 6.33. The van der Waals surface area contributed by atoms with E-state index in [2.05, 4.69) is 4.72 Å². The Kier molecular flexibility index (Phi) is 6.94. The van der Waals surface area contributed by atoms with Crippen LogP contribution < -0.4 is 9.46 Å². The number of ether oxygens (including phenoxy) is 2. The first-order valence-corrected chi connectivity index (χ1v) is 7.77. The minimum atomic E-state index is -3.35. The third-order valence-corrected chi connectivity index (χ3v) is 4.19. The third kappa shape index (κ3) is 5.87. The van der Waals surface area contributed by atoms with E-state index < -0.39 is 10.2 Å². The molecule has 0 atom stereocenters. The maximum atomic E-state index is 11.5. The summed E-state index contributed by atoms with van der Waals surface area (Å²) in [4.78, 5) is 0. The zero-order valence-electron chi connectivity index (χ0n) is 12.1. The lowest BCUT2D eigenvalue weighted by molar-refractivity contribution is 0.146. The van der Waals surface area contributed by atoms with Crippen LogP contribution in [0.5, 0.6) is 5.75 Å². The Morgan fingerprint density at radius 3 is 2.35 bits per heavy atom. The number of nitrogens with zero attached hydrogens (tertiary/aromatic N) is 1. The monoisotopic (exact) mass is 302 g/mol. The van der Waals surface area contributed by atoms with E-state index in [0.717, 1.165) is 15.6 Å². The SMILES string of the molecule is COCCOc1ccc(CCNS(=O)(=O)N(C)C)cc1. The van der Waals surface area contributed by atoms with Crippen molar-refractivity contribution in [2.24, 2.45) is 0 Å². The fourth-order valence-electron chi connectivity index (χ4n) is 1.45. The number of hydrogen-bond acceptors (Lipinski definition) is 4. The molecule has 0 heterocycles. The third-order valence-electron chi connectivity index (χ3n) is 2.66. The second-order valence-electron chi connectivity index (χ2n) is 4.42. The van der Waals surface area contributed by atoms with Gasteiger partial charge in [0.25, 0.3) is 10.2 Å². The quantitative estimate of drug-likeness (QED) is 0.680. The Morgan fingerprint density at radius 1 is 1.15 bits per heavy atom. The van der Waals surface area contributed by atoms with Gasteiger partial charge in [-0.05, 0) is 24.1 Å². The zero-order valence-corrected chi connectivity index (χ0v) is 12.9. The van der Waals surface area contributed by atoms with E-state index in [1.54, 1.807) is 7.11 Å². The molecule has 0 aliphatic rings. The summed E-state index contributed by atoms with van der Waals surface area (Å²) in [6.45, 7) is 1.43. The molecule has 0 aromatic heterocycles. The summed E-state index contributed by atoms with van der Waals surface area (Å²) in [6, 6.07) is 7.58. The molecule has 0 fully saturated rings. The fraction of sp³-hybridized carbons (Fsp3) is 0.538. The van der Waals surface area contributed by atoms with Crippen molar-refractivity contribution in [3.63, 3.8) is 0 Å². The predicted molar refractivity (Wildman–Crippen MR) is 78.1 cm³/mol. The van der Waals surface area contributed by atoms with Gasteiger partial charge in [0.15, 0.2) is 0 Å². The van der Waals surface area contributed by atoms with E-state index in [1.165, 1.54) is 14.1 Å². The largest absolute Gasteiger partial charge is 0.491 e. The van der Waals surface area contributed by atoms with Crippen molar-refractivity contribution in [2.45, 2.75) is 6.42 Å². The molecular formula is C13H22N2O4S. The Hall–Kier alpha value is -1.15. The van der Waals surface area contributed by atoms with Crippen LogP contribution in [0.25, 0.3) is 0 Å². The minimum Gasteiger partial charge on any atom is -0.491 e. The van der Waals surface area contributed by atoms with Crippen LogP contribution in [0.3, 0.4) is 0 Å². The molecule has 0 saturated heterocycles. The molecule has 0 spiro atoms. The molecule has 6 nitrogen and oxygen atoms in total. The van der Waals surface area contributed by atoms with Gasteiger partial charge in [-0.15, -0.1) is 0 Å². The van der Waals surface area contributed by atoms with E-state index in [9.17, 15) is 8.42 Å². The number of hydrogen-bond donors (Lipinski definition) is 1. The van der Waals surface area contributed by atoms with E-state index in [-0.39, 0.29) is 0 Å². The van der Waals surface area contributed by atoms with E-state index in [0.29, 0.717) is 26.2 Å². The molecule has 1 rings (SSSR count). The summed E-state index contributed by atoms with van der Waals surface area (Å²) < 4.78 is 37.0. The fourth-order valence-corrected chi connectivity index (χ4v) is 2.07. The molecule has 0 radical (unpaired) electrons. The Morgan fingerprint density at radius 2 is 1.80 bits per heavy atom. The van der Waals surface area contributed by atoms with Crippen LogP contribution in [0, 0.1) is 0 Å². The van der Waals surface area contributed by atoms with Crippen molar-refractivity contribution in [3.8, 4) is 5.75 Å². The molecule has 114 valence electrons. The number of rotatable bonds is 9. The topological polar surface area (TPSA) is 67.9 Å². The van der Waals surface area contributed by atoms with Gasteiger partial charge in [0.1, 0.15) is 12.4 Å². The molecule has 0 amide bonds. The Balaban J connectivity index is 2.38. The molecule has 1 aromatic carbocycles. The van der Waals surface area contributed by atoms with Gasteiger partial charge in [0, 0.05) is 27.7 Å². The summed E-state index contributed by atoms with van der Waals surface area (Å²) in [7, 11) is 1.27. The van der Waals surface area contributed by atoms with Gasteiger partial charge in [0.2, 0.25) is 0 Å². The normalized spacial score (nSPS) is 11.8. The number of methoxy groups -OCH3 is 1. The summed E-state index contributed by atoms with van der Waals surface area (Å²) in [5, 5.41) is 0. The molecule has 0 bridgehead atoms. The first kappa shape index (κ1) is 16.9. The Bertz CT molecular complexity index is 486. The van der Waals surface area contributed by atoms with Gasteiger partial charge >= 0.3 is 0 Å². The van der Waals surface area contributed by atoms with E-state index >= 15 is 0 Å². The second-order valence-corrected chi connectivity index (χ2v) is 6.39. The molecule has 20 heavy (non-hydrogen) atoms. The van der Waals surface area contributed by atoms with Crippen LogP contribution >= 0.6 is 0 Å². The van der Waals surface area contributed by atoms with E-state index in [4.69, 9.17) is 9.47 Å². The predicted octanol–water partition coefficient (Wildman–Crippen LogP) is 0.650. The number of nitrogens with one attached hydrogen (secondary N) is 1. The highest BCUT2D eigenvalue weighted by Gasteiger charge is 2.11. The van der Waals surface area contributed by atoms with Crippen molar-refractivity contribution in [3.05, 3.63) is 29.8 Å². The maximum absolute atomic E-state index is 11.5. The summed E-state index contributed by atoms with van der Waals surface area (Å²) >= 11 is 0. The zero-order chi connectivity index (χ0) is 15.0. The molecule has 0 saturated carbocycles. The van der Waals surface area contributed by atoms with Crippen molar-refractivity contribution < 1.29 is 17.9 Å². The molecule has 1 N–H and O–H groups in total. The molecule has 0 aliphatic heterocycles. The standard InChI is InChI=1S/C13H22N2O4S/c1-15(2)20(16,17)14-9-8-12-4-6-13(7-5-12)19-11-10-18-3/h4-7,14H,8-11H2,1-3H3. The average Bonchev–Trinajstić information content (AvgIpc) is 2.40. The van der Waals surface area contributed by atoms with Gasteiger partial charge < -0.3 is 9.47 Å². The molecule has 0 aliphatic carbocycles. The molecular weight excluding hydrogens is 280 g/mol. The van der Waals surface area contributed by atoms with Gasteiger partial charge in [-0.1, -0.05) is 12.1 Å². The van der Waals surface area contributed by atoms with Gasteiger partial charge in [0.05, 0.1) is 6.61 Å². The van der Waals surface area contributed by atoms with Crippen LogP contribution in [-0.4, -0.2) is 53.7 Å². The lowest BCUT2D eigenvalue weighted by Gasteiger charge is -2.12. The summed E-state index contributed by atoms with van der Waals surface area (Å²) in [6.07, 6.45) is 0.630. The van der Waals surface area contributed by atoms with Crippen molar-refractivity contribution in [1.82, 2.24) is 9.03 Å². The highest BCUT2D eigenvalue weighted by Crippen LogP contribution is 2.12. The van der Waals surface area contributed by atoms with Crippen LogP contribution in [-0.2, 0) is 21.4 Å². The van der Waals surface area contributed by atoms with Crippen LogP contribution in [0.15, 0.2) is 24.3 Å². The molecule has 1 aromatic rings. The highest BCUT2D eigenvalue weighted by atomic mass is 32.2. The molecule has 7 heteroatoms. The van der Waals surface area contributed by atoms with Crippen LogP contribution in [0.1, 0.15) is 5.56 Å². The van der Waals surface area contributed by atoms with Crippen molar-refractivity contribution >= 4 is 10.2 Å². The van der Waals surface area contributed by atoms with E-state index in [1.807, 2.05) is 24.3 Å². The van der Waals surface area contributed by atoms with Crippen LogP contribution in [0.4, 0.5) is 0 Å². The number of benzene rings is 1. The second kappa shape index (κ2) is 8.21. The Labute approximate surface area is 120 Å². The van der Waals surface area contributed by atoms with Gasteiger partial charge in [-0.3, -0.25) is 0 Å². The summed E-state index contributed by atoms with van der Waals surface area (Å²) in [5.74, 6) is 0.777. The van der Waals surface area contributed by atoms with Crippen LogP contribution in [0.2, 0.25) is 0 Å². The van der Waals surface area contributed by atoms with Gasteiger partial charge in [-0.25, -0.2) is 4.72 Å². The first-order chi connectivity index (χ1) is 9.45. The minimum absolute atomic E-state index is 0.365. The highest BCUT2D eigenvalue weighted by molar-refractivity contribution is 7.87. The van der Waals surface area contributed by atoms with Crippen molar-refractivity contribution in [2.75, 3.05) is 41.0 Å². The molecule has 0 unspecified atom stereocenters. The lowest BCUT2D eigenvalue weighted by Crippen LogP contribution is -2.36. The average molecular weight is 302 g/mol. The smallest absolute Gasteiger partial charge is 0.278 e. The summed E-state index contributed by atoms with van der Waals surface area (Å²) in [5.41, 5.74) is 1.05. The lowest BCUT2D eigenvalue weighted by atomic mass is 10.1. The van der Waals surface area contributed by atoms with Crippen molar-refractivity contribution in [1.29, 1.82) is 0 Å². The maximum Gasteiger partial charge on any atom is 0.278 e. The van der Waals surface area contributed by atoms with Gasteiger partial charge in [-0.2, -0.15) is 12.7 Å².